The summed E-state index contributed by atoms with van der Waals surface area (Å²) in [6.45, 7) is 2.62. The average molecular weight is 260 g/mol. The SMILES string of the molecule is CCOC(=O)C(=O)N(CCN)C(=O)C(=O)OCC. The molecule has 0 rings (SSSR count). The average Bonchev–Trinajstić information content (AvgIpc) is 2.35. The summed E-state index contributed by atoms with van der Waals surface area (Å²) in [4.78, 5) is 45.9. The van der Waals surface area contributed by atoms with E-state index in [4.69, 9.17) is 5.73 Å². The number of nitrogens with two attached hydrogens (primary N) is 1. The number of amides is 2. The molecule has 0 spiro atoms. The van der Waals surface area contributed by atoms with Crippen LogP contribution in [0.3, 0.4) is 0 Å². The normalized spacial score (nSPS) is 9.50. The van der Waals surface area contributed by atoms with E-state index in [0.717, 1.165) is 0 Å². The van der Waals surface area contributed by atoms with E-state index >= 15 is 0 Å². The van der Waals surface area contributed by atoms with Crippen molar-refractivity contribution >= 4 is 23.8 Å². The van der Waals surface area contributed by atoms with Crippen molar-refractivity contribution < 1.29 is 28.7 Å². The van der Waals surface area contributed by atoms with Crippen molar-refractivity contribution in [3.8, 4) is 0 Å². The van der Waals surface area contributed by atoms with Gasteiger partial charge in [-0.3, -0.25) is 14.5 Å². The van der Waals surface area contributed by atoms with Crippen LogP contribution in [0.15, 0.2) is 0 Å². The van der Waals surface area contributed by atoms with Crippen LogP contribution in [0.4, 0.5) is 0 Å². The Labute approximate surface area is 104 Å². The number of carbonyl (C=O) groups excluding carboxylic acids is 4. The van der Waals surface area contributed by atoms with E-state index in [-0.39, 0.29) is 26.3 Å². The molecule has 0 aromatic carbocycles. The molecule has 0 aliphatic rings. The number of hydrogen-bond acceptors (Lipinski definition) is 7. The standard InChI is InChI=1S/C10H16N2O6/c1-3-17-9(15)7(13)12(6-5-11)8(14)10(16)18-4-2/h3-6,11H2,1-2H3. The van der Waals surface area contributed by atoms with Gasteiger partial charge in [0.25, 0.3) is 0 Å². The molecule has 0 aromatic rings. The third-order valence-electron chi connectivity index (χ3n) is 1.74. The lowest BCUT2D eigenvalue weighted by Gasteiger charge is -2.17. The molecule has 0 saturated heterocycles. The molecule has 0 heterocycles. The number of imide groups is 1. The number of rotatable bonds is 4. The number of hydrogen-bond donors (Lipinski definition) is 1. The van der Waals surface area contributed by atoms with Gasteiger partial charge in [0, 0.05) is 13.1 Å². The zero-order valence-corrected chi connectivity index (χ0v) is 10.3. The predicted molar refractivity (Wildman–Crippen MR) is 59.0 cm³/mol. The minimum atomic E-state index is -1.24. The summed E-state index contributed by atoms with van der Waals surface area (Å²) in [6, 6.07) is 0. The van der Waals surface area contributed by atoms with Crippen LogP contribution >= 0.6 is 0 Å². The molecule has 0 aliphatic heterocycles. The minimum absolute atomic E-state index is 0.0192. The zero-order chi connectivity index (χ0) is 14.1. The van der Waals surface area contributed by atoms with Crippen LogP contribution in [0.5, 0.6) is 0 Å². The summed E-state index contributed by atoms with van der Waals surface area (Å²) in [5.74, 6) is -4.91. The fraction of sp³-hybridized carbons (Fsp3) is 0.600. The smallest absolute Gasteiger partial charge is 0.397 e. The van der Waals surface area contributed by atoms with Crippen LogP contribution in [0, 0.1) is 0 Å². The summed E-state index contributed by atoms with van der Waals surface area (Å²) in [5, 5.41) is 0. The van der Waals surface area contributed by atoms with Crippen molar-refractivity contribution in [2.75, 3.05) is 26.3 Å². The van der Waals surface area contributed by atoms with E-state index in [1.807, 2.05) is 0 Å². The van der Waals surface area contributed by atoms with Crippen molar-refractivity contribution in [1.82, 2.24) is 4.90 Å². The Bertz CT molecular complexity index is 311. The summed E-state index contributed by atoms with van der Waals surface area (Å²) >= 11 is 0. The number of esters is 2. The summed E-state index contributed by atoms with van der Waals surface area (Å²) in [6.07, 6.45) is 0. The molecular formula is C10H16N2O6. The molecule has 0 aliphatic carbocycles. The first-order valence-electron chi connectivity index (χ1n) is 5.39. The molecule has 8 nitrogen and oxygen atoms in total. The lowest BCUT2D eigenvalue weighted by Crippen LogP contribution is -2.47. The summed E-state index contributed by atoms with van der Waals surface area (Å²) in [5.41, 5.74) is 5.20. The maximum Gasteiger partial charge on any atom is 0.397 e. The molecule has 102 valence electrons. The van der Waals surface area contributed by atoms with Crippen molar-refractivity contribution in [2.45, 2.75) is 13.8 Å². The van der Waals surface area contributed by atoms with Gasteiger partial charge in [-0.2, -0.15) is 0 Å². The highest BCUT2D eigenvalue weighted by atomic mass is 16.5. The first-order chi connectivity index (χ1) is 8.49. The van der Waals surface area contributed by atoms with Gasteiger partial charge in [0.05, 0.1) is 13.2 Å². The highest BCUT2D eigenvalue weighted by Gasteiger charge is 2.32. The highest BCUT2D eigenvalue weighted by molar-refractivity contribution is 6.43. The second kappa shape index (κ2) is 8.18. The summed E-state index contributed by atoms with van der Waals surface area (Å²) < 4.78 is 8.89. The Morgan fingerprint density at radius 1 is 0.944 bits per heavy atom. The molecule has 0 aromatic heterocycles. The van der Waals surface area contributed by atoms with Crippen LogP contribution in [-0.2, 0) is 28.7 Å². The largest absolute Gasteiger partial charge is 0.459 e. The van der Waals surface area contributed by atoms with Gasteiger partial charge < -0.3 is 15.2 Å². The quantitative estimate of drug-likeness (QED) is 0.479. The van der Waals surface area contributed by atoms with Crippen LogP contribution in [0.1, 0.15) is 13.8 Å². The maximum absolute atomic E-state index is 11.5. The topological polar surface area (TPSA) is 116 Å². The highest BCUT2D eigenvalue weighted by Crippen LogP contribution is 1.96. The number of nitrogens with zero attached hydrogens (tertiary/aromatic N) is 1. The van der Waals surface area contributed by atoms with Crippen molar-refractivity contribution in [3.63, 3.8) is 0 Å². The Balaban J connectivity index is 4.84. The van der Waals surface area contributed by atoms with Gasteiger partial charge >= 0.3 is 23.8 Å². The Morgan fingerprint density at radius 3 is 1.61 bits per heavy atom. The van der Waals surface area contributed by atoms with Crippen LogP contribution in [0.2, 0.25) is 0 Å². The van der Waals surface area contributed by atoms with E-state index < -0.39 is 23.8 Å². The van der Waals surface area contributed by atoms with Gasteiger partial charge in [0.1, 0.15) is 0 Å². The molecule has 2 N–H and O–H groups in total. The van der Waals surface area contributed by atoms with E-state index in [1.54, 1.807) is 0 Å². The fourth-order valence-corrected chi connectivity index (χ4v) is 1.03. The molecule has 2 amide bonds. The molecule has 18 heavy (non-hydrogen) atoms. The molecule has 0 atom stereocenters. The van der Waals surface area contributed by atoms with Crippen LogP contribution < -0.4 is 5.73 Å². The Hall–Kier alpha value is -1.96. The van der Waals surface area contributed by atoms with Gasteiger partial charge in [-0.15, -0.1) is 0 Å². The zero-order valence-electron chi connectivity index (χ0n) is 10.3. The second-order valence-corrected chi connectivity index (χ2v) is 2.99. The van der Waals surface area contributed by atoms with Gasteiger partial charge in [-0.1, -0.05) is 0 Å². The van der Waals surface area contributed by atoms with Gasteiger partial charge in [-0.25, -0.2) is 9.59 Å². The monoisotopic (exact) mass is 260 g/mol. The van der Waals surface area contributed by atoms with Gasteiger partial charge in [0.2, 0.25) is 0 Å². The first-order valence-corrected chi connectivity index (χ1v) is 5.39. The van der Waals surface area contributed by atoms with Crippen LogP contribution in [-0.4, -0.2) is 55.0 Å². The molecule has 0 fully saturated rings. The third-order valence-corrected chi connectivity index (χ3v) is 1.74. The van der Waals surface area contributed by atoms with Gasteiger partial charge in [0.15, 0.2) is 0 Å². The van der Waals surface area contributed by atoms with E-state index in [1.165, 1.54) is 13.8 Å². The van der Waals surface area contributed by atoms with Crippen LogP contribution in [0.25, 0.3) is 0 Å². The summed E-state index contributed by atoms with van der Waals surface area (Å²) in [7, 11) is 0. The van der Waals surface area contributed by atoms with Crippen molar-refractivity contribution in [2.24, 2.45) is 5.73 Å². The van der Waals surface area contributed by atoms with Crippen molar-refractivity contribution in [1.29, 1.82) is 0 Å². The van der Waals surface area contributed by atoms with Gasteiger partial charge in [-0.05, 0) is 13.8 Å². The Kier molecular flexibility index (Phi) is 7.29. The lowest BCUT2D eigenvalue weighted by molar-refractivity contribution is -0.169. The first kappa shape index (κ1) is 16.0. The fourth-order valence-electron chi connectivity index (χ4n) is 1.03. The maximum atomic E-state index is 11.5. The Morgan fingerprint density at radius 2 is 1.33 bits per heavy atom. The molecule has 0 bridgehead atoms. The lowest BCUT2D eigenvalue weighted by atomic mass is 10.4. The van der Waals surface area contributed by atoms with E-state index in [9.17, 15) is 19.2 Å². The molecule has 0 radical (unpaired) electrons. The molecular weight excluding hydrogens is 244 g/mol. The number of carbonyl (C=O) groups is 4. The third kappa shape index (κ3) is 4.50. The number of ether oxygens (including phenoxy) is 2. The second-order valence-electron chi connectivity index (χ2n) is 2.99. The molecule has 0 saturated carbocycles. The predicted octanol–water partition coefficient (Wildman–Crippen LogP) is -1.57. The van der Waals surface area contributed by atoms with E-state index in [0.29, 0.717) is 4.90 Å². The van der Waals surface area contributed by atoms with E-state index in [2.05, 4.69) is 9.47 Å². The minimum Gasteiger partial charge on any atom is -0.459 e. The molecule has 8 heteroatoms. The van der Waals surface area contributed by atoms with Crippen molar-refractivity contribution in [3.05, 3.63) is 0 Å². The molecule has 0 unspecified atom stereocenters.